The number of thiocarbonyl (C=S) groups is 1. The maximum Gasteiger partial charge on any atom is 0.299 e. The van der Waals surface area contributed by atoms with Crippen molar-refractivity contribution in [1.29, 1.82) is 0 Å². The number of benzene rings is 1. The first-order chi connectivity index (χ1) is 10.7. The lowest BCUT2D eigenvalue weighted by molar-refractivity contribution is 0.267. The number of nitrogens with zero attached hydrogens (tertiary/aromatic N) is 3. The number of phenols is 1. The van der Waals surface area contributed by atoms with Gasteiger partial charge in [-0.15, -0.1) is 12.4 Å². The van der Waals surface area contributed by atoms with Crippen molar-refractivity contribution >= 4 is 59.4 Å². The third-order valence-electron chi connectivity index (χ3n) is 2.42. The number of carbonyl (C=O) groups is 1. The quantitative estimate of drug-likeness (QED) is 0.309. The van der Waals surface area contributed by atoms with Crippen LogP contribution in [0.15, 0.2) is 29.3 Å². The van der Waals surface area contributed by atoms with Gasteiger partial charge in [0, 0.05) is 27.7 Å². The van der Waals surface area contributed by atoms with E-state index in [-0.39, 0.29) is 18.2 Å². The van der Waals surface area contributed by atoms with E-state index in [0.717, 1.165) is 6.54 Å². The van der Waals surface area contributed by atoms with Gasteiger partial charge in [-0.25, -0.2) is 0 Å². The Hall–Kier alpha value is -1.71. The normalized spacial score (nSPS) is 9.79. The van der Waals surface area contributed by atoms with Gasteiger partial charge in [0.15, 0.2) is 0 Å². The lowest BCUT2D eigenvalue weighted by Gasteiger charge is -2.21. The SMILES string of the molecule is CCN(C)C(=Nc1ccc(O)cc1)OC(=S)N(C)C.Cl.NC(=O)S. The fraction of sp³-hybridized carbons (Fsp3) is 0.357. The van der Waals surface area contributed by atoms with E-state index in [0.29, 0.717) is 16.9 Å². The van der Waals surface area contributed by atoms with Gasteiger partial charge >= 0.3 is 0 Å². The van der Waals surface area contributed by atoms with Crippen LogP contribution in [-0.2, 0) is 4.74 Å². The van der Waals surface area contributed by atoms with E-state index in [1.165, 1.54) is 0 Å². The molecule has 0 aliphatic heterocycles. The van der Waals surface area contributed by atoms with Crippen LogP contribution < -0.4 is 5.73 Å². The van der Waals surface area contributed by atoms with Crippen LogP contribution in [0.3, 0.4) is 0 Å². The molecule has 7 nitrogen and oxygen atoms in total. The first kappa shape index (κ1) is 24.5. The number of amides is 1. The molecule has 0 heterocycles. The minimum Gasteiger partial charge on any atom is -0.508 e. The molecule has 1 aromatic rings. The number of aromatic hydroxyl groups is 1. The van der Waals surface area contributed by atoms with Crippen LogP contribution in [0, 0.1) is 0 Å². The number of thiol groups is 1. The molecule has 136 valence electrons. The van der Waals surface area contributed by atoms with Crippen LogP contribution in [0.4, 0.5) is 10.5 Å². The van der Waals surface area contributed by atoms with Crippen LogP contribution >= 0.6 is 37.3 Å². The summed E-state index contributed by atoms with van der Waals surface area (Å²) in [5.41, 5.74) is 5.03. The predicted molar refractivity (Wildman–Crippen MR) is 107 cm³/mol. The monoisotopic (exact) mass is 394 g/mol. The Balaban J connectivity index is 0. The van der Waals surface area contributed by atoms with Crippen molar-refractivity contribution in [2.45, 2.75) is 6.92 Å². The average Bonchev–Trinajstić information content (AvgIpc) is 2.47. The van der Waals surface area contributed by atoms with Gasteiger partial charge in [0.25, 0.3) is 16.4 Å². The molecule has 1 aromatic carbocycles. The molecule has 10 heteroatoms. The molecular formula is C14H23ClN4O3S2. The van der Waals surface area contributed by atoms with Gasteiger partial charge in [-0.3, -0.25) is 4.79 Å². The largest absolute Gasteiger partial charge is 0.508 e. The van der Waals surface area contributed by atoms with Crippen molar-refractivity contribution in [3.05, 3.63) is 24.3 Å². The highest BCUT2D eigenvalue weighted by Crippen LogP contribution is 2.17. The number of rotatable bonds is 2. The molecular weight excluding hydrogens is 372 g/mol. The van der Waals surface area contributed by atoms with Crippen molar-refractivity contribution in [3.8, 4) is 5.75 Å². The minimum absolute atomic E-state index is 0. The molecule has 1 rings (SSSR count). The number of carbonyl (C=O) groups excluding carboxylic acids is 1. The van der Waals surface area contributed by atoms with E-state index >= 15 is 0 Å². The topological polar surface area (TPSA) is 91.4 Å². The molecule has 0 fully saturated rings. The van der Waals surface area contributed by atoms with Gasteiger partial charge in [0.05, 0.1) is 5.69 Å². The Bertz CT molecular complexity index is 549. The summed E-state index contributed by atoms with van der Waals surface area (Å²) < 4.78 is 5.57. The maximum absolute atomic E-state index is 9.25. The Labute approximate surface area is 159 Å². The molecule has 0 atom stereocenters. The fourth-order valence-corrected chi connectivity index (χ4v) is 1.20. The molecule has 0 radical (unpaired) electrons. The second-order valence-corrected chi connectivity index (χ2v) is 5.32. The Morgan fingerprint density at radius 3 is 2.17 bits per heavy atom. The second kappa shape index (κ2) is 12.7. The van der Waals surface area contributed by atoms with E-state index in [4.69, 9.17) is 21.7 Å². The summed E-state index contributed by atoms with van der Waals surface area (Å²) in [5, 5.41) is 8.95. The van der Waals surface area contributed by atoms with Crippen molar-refractivity contribution in [2.75, 3.05) is 27.7 Å². The van der Waals surface area contributed by atoms with E-state index in [9.17, 15) is 5.11 Å². The summed E-state index contributed by atoms with van der Waals surface area (Å²) in [4.78, 5) is 17.0. The van der Waals surface area contributed by atoms with Crippen LogP contribution in [0.5, 0.6) is 5.75 Å². The number of nitrogens with two attached hydrogens (primary N) is 1. The molecule has 0 unspecified atom stereocenters. The third-order valence-corrected chi connectivity index (χ3v) is 2.87. The van der Waals surface area contributed by atoms with Crippen LogP contribution in [0.1, 0.15) is 6.92 Å². The Morgan fingerprint density at radius 1 is 1.33 bits per heavy atom. The zero-order valence-electron chi connectivity index (χ0n) is 14.0. The zero-order valence-corrected chi connectivity index (χ0v) is 16.5. The highest BCUT2D eigenvalue weighted by molar-refractivity contribution is 7.96. The summed E-state index contributed by atoms with van der Waals surface area (Å²) in [5.74, 6) is 0.203. The smallest absolute Gasteiger partial charge is 0.299 e. The number of phenolic OH excluding ortho intramolecular Hbond substituents is 1. The molecule has 1 amide bonds. The molecule has 0 spiro atoms. The summed E-state index contributed by atoms with van der Waals surface area (Å²) in [6.07, 6.45) is 0. The number of hydrogen-bond donors (Lipinski definition) is 3. The van der Waals surface area contributed by atoms with Gasteiger partial charge in [-0.2, -0.15) is 4.99 Å². The van der Waals surface area contributed by atoms with E-state index in [2.05, 4.69) is 23.4 Å². The molecule has 0 aliphatic carbocycles. The number of ether oxygens (including phenoxy) is 1. The highest BCUT2D eigenvalue weighted by atomic mass is 35.5. The van der Waals surface area contributed by atoms with Gasteiger partial charge in [0.1, 0.15) is 5.75 Å². The van der Waals surface area contributed by atoms with Crippen molar-refractivity contribution in [3.63, 3.8) is 0 Å². The van der Waals surface area contributed by atoms with Crippen LogP contribution in [0.2, 0.25) is 0 Å². The molecule has 0 aromatic heterocycles. The average molecular weight is 395 g/mol. The lowest BCUT2D eigenvalue weighted by atomic mass is 10.3. The lowest BCUT2D eigenvalue weighted by Crippen LogP contribution is -2.34. The number of halogens is 1. The Kier molecular flexibility index (Phi) is 13.0. The minimum atomic E-state index is -0.639. The van der Waals surface area contributed by atoms with Crippen molar-refractivity contribution in [1.82, 2.24) is 9.80 Å². The maximum atomic E-state index is 9.25. The number of amidine groups is 1. The molecule has 0 saturated carbocycles. The fourth-order valence-electron chi connectivity index (χ4n) is 1.13. The van der Waals surface area contributed by atoms with Crippen LogP contribution in [0.25, 0.3) is 0 Å². The third kappa shape index (κ3) is 10.9. The molecule has 0 bridgehead atoms. The Morgan fingerprint density at radius 2 is 1.79 bits per heavy atom. The van der Waals surface area contributed by atoms with Crippen molar-refractivity contribution < 1.29 is 14.6 Å². The molecule has 0 saturated heterocycles. The van der Waals surface area contributed by atoms with E-state index in [1.54, 1.807) is 29.2 Å². The standard InChI is InChI=1S/C13H19N3O2S.CH3NOS.ClH/c1-5-16(4)12(18-13(19)15(2)3)14-10-6-8-11(17)9-7-10;2-1(3)4;/h6-9,17H,5H2,1-4H3;(H3,2,3,4);1H. The number of aliphatic imine (C=N–C) groups is 1. The van der Waals surface area contributed by atoms with E-state index in [1.807, 2.05) is 33.0 Å². The van der Waals surface area contributed by atoms with Gasteiger partial charge in [0.2, 0.25) is 0 Å². The van der Waals surface area contributed by atoms with Gasteiger partial charge in [-0.05, 0) is 43.4 Å². The summed E-state index contributed by atoms with van der Waals surface area (Å²) in [6, 6.07) is 6.99. The molecule has 3 N–H and O–H groups in total. The van der Waals surface area contributed by atoms with Gasteiger partial charge < -0.3 is 25.4 Å². The molecule has 24 heavy (non-hydrogen) atoms. The predicted octanol–water partition coefficient (Wildman–Crippen LogP) is 2.61. The number of hydrogen-bond acceptors (Lipinski definition) is 5. The van der Waals surface area contributed by atoms with Gasteiger partial charge in [-0.1, -0.05) is 12.6 Å². The molecule has 0 aliphatic rings. The van der Waals surface area contributed by atoms with Crippen molar-refractivity contribution in [2.24, 2.45) is 10.7 Å². The summed E-state index contributed by atoms with van der Waals surface area (Å²) in [6.45, 7) is 2.74. The summed E-state index contributed by atoms with van der Waals surface area (Å²) >= 11 is 8.22. The van der Waals surface area contributed by atoms with Crippen LogP contribution in [-0.4, -0.2) is 59.0 Å². The second-order valence-electron chi connectivity index (χ2n) is 4.53. The first-order valence-corrected chi connectivity index (χ1v) is 7.49. The zero-order chi connectivity index (χ0) is 18.0. The van der Waals surface area contributed by atoms with E-state index < -0.39 is 5.24 Å². The summed E-state index contributed by atoms with van der Waals surface area (Å²) in [7, 11) is 5.50. The first-order valence-electron chi connectivity index (χ1n) is 6.63. The highest BCUT2D eigenvalue weighted by Gasteiger charge is 2.11. The number of primary amides is 1.